The Kier molecular flexibility index (Phi) is 6.98. The first-order valence-electron chi connectivity index (χ1n) is 8.06. The second-order valence-corrected chi connectivity index (χ2v) is 7.62. The quantitative estimate of drug-likeness (QED) is 0.420. The highest BCUT2D eigenvalue weighted by atomic mass is 32.2. The molecule has 0 spiro atoms. The van der Waals surface area contributed by atoms with E-state index >= 15 is 0 Å². The van der Waals surface area contributed by atoms with Gasteiger partial charge in [-0.15, -0.1) is 28.1 Å². The maximum atomic E-state index is 12.4. The van der Waals surface area contributed by atoms with E-state index in [2.05, 4.69) is 22.1 Å². The van der Waals surface area contributed by atoms with Crippen molar-refractivity contribution in [3.05, 3.63) is 34.5 Å². The van der Waals surface area contributed by atoms with E-state index in [0.717, 1.165) is 16.3 Å². The van der Waals surface area contributed by atoms with Gasteiger partial charge in [-0.2, -0.15) is 0 Å². The summed E-state index contributed by atoms with van der Waals surface area (Å²) >= 11 is 2.68. The van der Waals surface area contributed by atoms with Gasteiger partial charge in [-0.3, -0.25) is 4.79 Å². The number of anilines is 1. The largest absolute Gasteiger partial charge is 0.465 e. The molecule has 0 fully saturated rings. The van der Waals surface area contributed by atoms with Crippen LogP contribution in [-0.4, -0.2) is 39.5 Å². The lowest BCUT2D eigenvalue weighted by Crippen LogP contribution is -2.16. The molecule has 0 saturated carbocycles. The number of hydrogen-bond acceptors (Lipinski definition) is 7. The van der Waals surface area contributed by atoms with Gasteiger partial charge in [0.25, 0.3) is 0 Å². The number of allylic oxidation sites excluding steroid dienone is 1. The van der Waals surface area contributed by atoms with Crippen molar-refractivity contribution >= 4 is 40.0 Å². The van der Waals surface area contributed by atoms with Gasteiger partial charge in [0.05, 0.1) is 18.4 Å². The number of aromatic nitrogens is 3. The average Bonchev–Trinajstić information content (AvgIpc) is 3.12. The number of nitrogens with zero attached hydrogens (tertiary/aromatic N) is 3. The predicted octanol–water partition coefficient (Wildman–Crippen LogP) is 3.22. The minimum Gasteiger partial charge on any atom is -0.465 e. The fraction of sp³-hybridized carbons (Fsp3) is 0.412. The van der Waals surface area contributed by atoms with E-state index in [0.29, 0.717) is 28.7 Å². The minimum atomic E-state index is -0.435. The fourth-order valence-corrected chi connectivity index (χ4v) is 4.45. The summed E-state index contributed by atoms with van der Waals surface area (Å²) in [5.74, 6) is 0.279. The molecule has 2 heterocycles. The lowest BCUT2D eigenvalue weighted by molar-refractivity contribution is -0.113. The Balaban J connectivity index is 2.11. The number of thiophene rings is 1. The molecule has 1 amide bonds. The molecule has 9 heteroatoms. The summed E-state index contributed by atoms with van der Waals surface area (Å²) in [4.78, 5) is 25.5. The van der Waals surface area contributed by atoms with E-state index in [1.807, 2.05) is 25.3 Å². The van der Waals surface area contributed by atoms with Gasteiger partial charge >= 0.3 is 5.97 Å². The highest BCUT2D eigenvalue weighted by Gasteiger charge is 2.23. The number of thioether (sulfide) groups is 1. The molecular weight excluding hydrogens is 372 g/mol. The second-order valence-electron chi connectivity index (χ2n) is 5.45. The third-order valence-corrected chi connectivity index (χ3v) is 5.78. The molecule has 0 aliphatic heterocycles. The molecule has 0 unspecified atom stereocenters. The first-order valence-corrected chi connectivity index (χ1v) is 9.87. The summed E-state index contributed by atoms with van der Waals surface area (Å²) in [6.07, 6.45) is 2.45. The third kappa shape index (κ3) is 4.34. The van der Waals surface area contributed by atoms with Crippen LogP contribution in [0.4, 0.5) is 5.00 Å². The van der Waals surface area contributed by atoms with Crippen LogP contribution in [-0.2, 0) is 22.5 Å². The monoisotopic (exact) mass is 394 g/mol. The summed E-state index contributed by atoms with van der Waals surface area (Å²) in [5.41, 5.74) is 1.35. The standard InChI is InChI=1S/C17H22N4O3S2/c1-6-8-21-11(4)19-20-17(21)25-9-13(22)18-15-14(16(23)24-5)12(7-2)10(3)26-15/h6H,1,7-9H2,2-5H3,(H,18,22). The zero-order chi connectivity index (χ0) is 19.3. The van der Waals surface area contributed by atoms with E-state index in [1.54, 1.807) is 6.08 Å². The zero-order valence-electron chi connectivity index (χ0n) is 15.3. The van der Waals surface area contributed by atoms with Gasteiger partial charge in [-0.05, 0) is 25.8 Å². The summed E-state index contributed by atoms with van der Waals surface area (Å²) in [5, 5.41) is 12.1. The molecule has 0 atom stereocenters. The Morgan fingerprint density at radius 2 is 2.12 bits per heavy atom. The Bertz CT molecular complexity index is 826. The van der Waals surface area contributed by atoms with Crippen LogP contribution in [0.5, 0.6) is 0 Å². The molecule has 1 N–H and O–H groups in total. The van der Waals surface area contributed by atoms with Crippen LogP contribution in [0.15, 0.2) is 17.8 Å². The van der Waals surface area contributed by atoms with E-state index in [9.17, 15) is 9.59 Å². The summed E-state index contributed by atoms with van der Waals surface area (Å²) < 4.78 is 6.75. The van der Waals surface area contributed by atoms with Crippen molar-refractivity contribution in [2.24, 2.45) is 0 Å². The van der Waals surface area contributed by atoms with E-state index < -0.39 is 5.97 Å². The van der Waals surface area contributed by atoms with Crippen LogP contribution < -0.4 is 5.32 Å². The average molecular weight is 395 g/mol. The van der Waals surface area contributed by atoms with Gasteiger partial charge in [-0.25, -0.2) is 4.79 Å². The van der Waals surface area contributed by atoms with E-state index in [4.69, 9.17) is 4.74 Å². The first-order chi connectivity index (χ1) is 12.4. The molecule has 0 saturated heterocycles. The predicted molar refractivity (Wildman–Crippen MR) is 104 cm³/mol. The number of ether oxygens (including phenoxy) is 1. The van der Waals surface area contributed by atoms with Crippen molar-refractivity contribution in [3.8, 4) is 0 Å². The number of carbonyl (C=O) groups excluding carboxylic acids is 2. The number of rotatable bonds is 8. The lowest BCUT2D eigenvalue weighted by Gasteiger charge is -2.07. The number of esters is 1. The van der Waals surface area contributed by atoms with Crippen molar-refractivity contribution in [3.63, 3.8) is 0 Å². The molecule has 2 aromatic rings. The van der Waals surface area contributed by atoms with Gasteiger partial charge in [0.15, 0.2) is 5.16 Å². The molecule has 26 heavy (non-hydrogen) atoms. The summed E-state index contributed by atoms with van der Waals surface area (Å²) in [7, 11) is 1.34. The maximum Gasteiger partial charge on any atom is 0.341 e. The number of amides is 1. The van der Waals surface area contributed by atoms with Gasteiger partial charge in [0, 0.05) is 11.4 Å². The lowest BCUT2D eigenvalue weighted by atomic mass is 10.1. The Morgan fingerprint density at radius 3 is 2.73 bits per heavy atom. The molecule has 0 aliphatic carbocycles. The Labute approximate surface area is 160 Å². The van der Waals surface area contributed by atoms with Gasteiger partial charge < -0.3 is 14.6 Å². The van der Waals surface area contributed by atoms with Crippen LogP contribution in [0.2, 0.25) is 0 Å². The second kappa shape index (κ2) is 9.00. The number of methoxy groups -OCH3 is 1. The molecule has 0 aromatic carbocycles. The van der Waals surface area contributed by atoms with Crippen LogP contribution in [0.25, 0.3) is 0 Å². The van der Waals surface area contributed by atoms with Crippen molar-refractivity contribution in [2.45, 2.75) is 38.9 Å². The van der Waals surface area contributed by atoms with Crippen molar-refractivity contribution < 1.29 is 14.3 Å². The molecular formula is C17H22N4O3S2. The summed E-state index contributed by atoms with van der Waals surface area (Å²) in [6, 6.07) is 0. The maximum absolute atomic E-state index is 12.4. The van der Waals surface area contributed by atoms with Crippen LogP contribution in [0.1, 0.15) is 33.5 Å². The van der Waals surface area contributed by atoms with Gasteiger partial charge in [-0.1, -0.05) is 24.8 Å². The number of hydrogen-bond donors (Lipinski definition) is 1. The Hall–Kier alpha value is -2.13. The van der Waals surface area contributed by atoms with Crippen LogP contribution >= 0.6 is 23.1 Å². The molecule has 2 rings (SSSR count). The molecule has 0 radical (unpaired) electrons. The molecule has 140 valence electrons. The normalized spacial score (nSPS) is 10.6. The van der Waals surface area contributed by atoms with Crippen molar-refractivity contribution in [1.82, 2.24) is 14.8 Å². The smallest absolute Gasteiger partial charge is 0.341 e. The number of carbonyl (C=O) groups is 2. The first kappa shape index (κ1) is 20.2. The Morgan fingerprint density at radius 1 is 1.38 bits per heavy atom. The van der Waals surface area contributed by atoms with Gasteiger partial charge in [0.1, 0.15) is 10.8 Å². The molecule has 7 nitrogen and oxygen atoms in total. The highest BCUT2D eigenvalue weighted by Crippen LogP contribution is 2.34. The van der Waals surface area contributed by atoms with Gasteiger partial charge in [0.2, 0.25) is 5.91 Å². The number of aryl methyl sites for hydroxylation is 2. The molecule has 2 aromatic heterocycles. The van der Waals surface area contributed by atoms with Crippen LogP contribution in [0.3, 0.4) is 0 Å². The molecule has 0 aliphatic rings. The van der Waals surface area contributed by atoms with E-state index in [-0.39, 0.29) is 11.7 Å². The zero-order valence-corrected chi connectivity index (χ0v) is 16.9. The number of nitrogens with one attached hydrogen (secondary N) is 1. The SMILES string of the molecule is C=CCn1c(C)nnc1SCC(=O)Nc1sc(C)c(CC)c1C(=O)OC. The topological polar surface area (TPSA) is 86.1 Å². The van der Waals surface area contributed by atoms with E-state index in [1.165, 1.54) is 30.2 Å². The van der Waals surface area contributed by atoms with Crippen molar-refractivity contribution in [2.75, 3.05) is 18.2 Å². The minimum absolute atomic E-state index is 0.161. The van der Waals surface area contributed by atoms with Crippen molar-refractivity contribution in [1.29, 1.82) is 0 Å². The summed E-state index contributed by atoms with van der Waals surface area (Å²) in [6.45, 7) is 10.0. The molecule has 0 bridgehead atoms. The fourth-order valence-electron chi connectivity index (χ4n) is 2.51. The van der Waals surface area contributed by atoms with Crippen LogP contribution in [0, 0.1) is 13.8 Å². The third-order valence-electron chi connectivity index (χ3n) is 3.75. The highest BCUT2D eigenvalue weighted by molar-refractivity contribution is 7.99.